The molecular weight excluding hydrogens is 278 g/mol. The molecule has 0 radical (unpaired) electrons. The van der Waals surface area contributed by atoms with Gasteiger partial charge in [0.25, 0.3) is 0 Å². The lowest BCUT2D eigenvalue weighted by molar-refractivity contribution is -0.141. The molecule has 0 heterocycles. The molecule has 0 aromatic heterocycles. The molecule has 0 saturated heterocycles. The predicted molar refractivity (Wildman–Crippen MR) is 85.6 cm³/mol. The van der Waals surface area contributed by atoms with Crippen LogP contribution < -0.4 is 5.32 Å². The molecule has 2 atom stereocenters. The van der Waals surface area contributed by atoms with Crippen LogP contribution in [0.15, 0.2) is 24.3 Å². The van der Waals surface area contributed by atoms with Gasteiger partial charge in [-0.1, -0.05) is 38.1 Å². The first-order chi connectivity index (χ1) is 10.4. The number of hydrogen-bond donors (Lipinski definition) is 2. The monoisotopic (exact) mass is 303 g/mol. The summed E-state index contributed by atoms with van der Waals surface area (Å²) in [7, 11) is 0. The van der Waals surface area contributed by atoms with E-state index in [1.807, 2.05) is 12.1 Å². The first kappa shape index (κ1) is 16.5. The molecule has 0 aliphatic heterocycles. The summed E-state index contributed by atoms with van der Waals surface area (Å²) in [5.74, 6) is -0.454. The van der Waals surface area contributed by atoms with Crippen molar-refractivity contribution in [2.24, 2.45) is 11.8 Å². The molecule has 4 nitrogen and oxygen atoms in total. The third kappa shape index (κ3) is 4.86. The molecule has 4 heteroatoms. The van der Waals surface area contributed by atoms with Crippen molar-refractivity contribution in [3.8, 4) is 0 Å². The molecule has 1 amide bonds. The zero-order valence-electron chi connectivity index (χ0n) is 13.3. The van der Waals surface area contributed by atoms with Gasteiger partial charge in [0.1, 0.15) is 0 Å². The molecule has 1 aromatic carbocycles. The van der Waals surface area contributed by atoms with Crippen molar-refractivity contribution in [3.63, 3.8) is 0 Å². The first-order valence-electron chi connectivity index (χ1n) is 8.04. The van der Waals surface area contributed by atoms with E-state index in [1.165, 1.54) is 5.56 Å². The second-order valence-corrected chi connectivity index (χ2v) is 6.70. The zero-order valence-corrected chi connectivity index (χ0v) is 13.3. The van der Waals surface area contributed by atoms with Crippen LogP contribution in [0.5, 0.6) is 0 Å². The van der Waals surface area contributed by atoms with E-state index < -0.39 is 5.97 Å². The van der Waals surface area contributed by atoms with Gasteiger partial charge < -0.3 is 10.4 Å². The fourth-order valence-electron chi connectivity index (χ4n) is 3.07. The third-order valence-electron chi connectivity index (χ3n) is 4.18. The highest BCUT2D eigenvalue weighted by molar-refractivity contribution is 5.79. The SMILES string of the molecule is CC(C)Cc1ccc(CC(=O)N[C@@H]2CC[C@H](C(=O)O)C2)cc1. The van der Waals surface area contributed by atoms with Crippen molar-refractivity contribution in [1.29, 1.82) is 0 Å². The van der Waals surface area contributed by atoms with E-state index in [-0.39, 0.29) is 17.9 Å². The maximum absolute atomic E-state index is 12.0. The largest absolute Gasteiger partial charge is 0.481 e. The van der Waals surface area contributed by atoms with Gasteiger partial charge in [-0.25, -0.2) is 0 Å². The molecule has 1 aliphatic rings. The lowest BCUT2D eigenvalue weighted by Crippen LogP contribution is -2.34. The summed E-state index contributed by atoms with van der Waals surface area (Å²) in [5, 5.41) is 11.9. The van der Waals surface area contributed by atoms with Crippen molar-refractivity contribution in [2.45, 2.75) is 52.0 Å². The third-order valence-corrected chi connectivity index (χ3v) is 4.18. The Morgan fingerprint density at radius 1 is 1.18 bits per heavy atom. The molecule has 0 bridgehead atoms. The lowest BCUT2D eigenvalue weighted by Gasteiger charge is -2.12. The number of aliphatic carboxylic acids is 1. The number of carboxylic acids is 1. The quantitative estimate of drug-likeness (QED) is 0.849. The van der Waals surface area contributed by atoms with Gasteiger partial charge in [-0.05, 0) is 42.7 Å². The summed E-state index contributed by atoms with van der Waals surface area (Å²) < 4.78 is 0. The molecule has 2 rings (SSSR count). The molecule has 1 fully saturated rings. The number of carbonyl (C=O) groups excluding carboxylic acids is 1. The summed E-state index contributed by atoms with van der Waals surface area (Å²) in [5.41, 5.74) is 2.29. The highest BCUT2D eigenvalue weighted by atomic mass is 16.4. The van der Waals surface area contributed by atoms with Crippen molar-refractivity contribution in [2.75, 3.05) is 0 Å². The smallest absolute Gasteiger partial charge is 0.306 e. The number of carboxylic acid groups (broad SMARTS) is 1. The average Bonchev–Trinajstić information content (AvgIpc) is 2.89. The average molecular weight is 303 g/mol. The van der Waals surface area contributed by atoms with E-state index in [0.29, 0.717) is 25.2 Å². The van der Waals surface area contributed by atoms with E-state index in [9.17, 15) is 9.59 Å². The van der Waals surface area contributed by atoms with Gasteiger partial charge in [0.15, 0.2) is 0 Å². The van der Waals surface area contributed by atoms with Crippen LogP contribution in [0.2, 0.25) is 0 Å². The normalized spacial score (nSPS) is 21.0. The van der Waals surface area contributed by atoms with Gasteiger partial charge in [0.2, 0.25) is 5.91 Å². The Bertz CT molecular complexity index is 522. The van der Waals surface area contributed by atoms with Gasteiger partial charge in [0.05, 0.1) is 12.3 Å². The number of benzene rings is 1. The fraction of sp³-hybridized carbons (Fsp3) is 0.556. The van der Waals surface area contributed by atoms with Crippen LogP contribution in [0.1, 0.15) is 44.2 Å². The van der Waals surface area contributed by atoms with Crippen molar-refractivity contribution < 1.29 is 14.7 Å². The molecule has 1 aliphatic carbocycles. The van der Waals surface area contributed by atoms with Crippen LogP contribution in [0.4, 0.5) is 0 Å². The molecule has 2 N–H and O–H groups in total. The first-order valence-corrected chi connectivity index (χ1v) is 8.04. The molecule has 0 unspecified atom stereocenters. The summed E-state index contributed by atoms with van der Waals surface area (Å²) in [6.07, 6.45) is 3.37. The minimum absolute atomic E-state index is 0.00816. The minimum Gasteiger partial charge on any atom is -0.481 e. The molecule has 22 heavy (non-hydrogen) atoms. The van der Waals surface area contributed by atoms with Crippen LogP contribution in [0.25, 0.3) is 0 Å². The van der Waals surface area contributed by atoms with E-state index in [2.05, 4.69) is 31.3 Å². The summed E-state index contributed by atoms with van der Waals surface area (Å²) in [6.45, 7) is 4.38. The second kappa shape index (κ2) is 7.43. The van der Waals surface area contributed by atoms with Crippen LogP contribution in [-0.2, 0) is 22.4 Å². The van der Waals surface area contributed by atoms with E-state index in [0.717, 1.165) is 18.4 Å². The van der Waals surface area contributed by atoms with Crippen LogP contribution in [0, 0.1) is 11.8 Å². The molecule has 0 spiro atoms. The summed E-state index contributed by atoms with van der Waals surface area (Å²) >= 11 is 0. The van der Waals surface area contributed by atoms with Crippen molar-refractivity contribution in [3.05, 3.63) is 35.4 Å². The van der Waals surface area contributed by atoms with E-state index >= 15 is 0 Å². The summed E-state index contributed by atoms with van der Waals surface area (Å²) in [4.78, 5) is 23.0. The highest BCUT2D eigenvalue weighted by Crippen LogP contribution is 2.25. The van der Waals surface area contributed by atoms with Crippen LogP contribution >= 0.6 is 0 Å². The predicted octanol–water partition coefficient (Wildman–Crippen LogP) is 2.80. The zero-order chi connectivity index (χ0) is 16.1. The van der Waals surface area contributed by atoms with Crippen molar-refractivity contribution >= 4 is 11.9 Å². The number of nitrogens with one attached hydrogen (secondary N) is 1. The minimum atomic E-state index is -0.752. The number of hydrogen-bond acceptors (Lipinski definition) is 2. The Balaban J connectivity index is 1.81. The Morgan fingerprint density at radius 2 is 1.82 bits per heavy atom. The summed E-state index contributed by atoms with van der Waals surface area (Å²) in [6, 6.07) is 8.18. The lowest BCUT2D eigenvalue weighted by atomic mass is 10.0. The Kier molecular flexibility index (Phi) is 5.58. The fourth-order valence-corrected chi connectivity index (χ4v) is 3.07. The Morgan fingerprint density at radius 3 is 2.36 bits per heavy atom. The van der Waals surface area contributed by atoms with Gasteiger partial charge in [-0.15, -0.1) is 0 Å². The van der Waals surface area contributed by atoms with Gasteiger partial charge in [-0.3, -0.25) is 9.59 Å². The Labute approximate surface area is 131 Å². The number of rotatable bonds is 6. The molecule has 120 valence electrons. The molecule has 1 saturated carbocycles. The number of amides is 1. The maximum atomic E-state index is 12.0. The van der Waals surface area contributed by atoms with Gasteiger partial charge in [0, 0.05) is 6.04 Å². The van der Waals surface area contributed by atoms with E-state index in [1.54, 1.807) is 0 Å². The Hall–Kier alpha value is -1.84. The molecule has 1 aromatic rings. The van der Waals surface area contributed by atoms with E-state index in [4.69, 9.17) is 5.11 Å². The highest BCUT2D eigenvalue weighted by Gasteiger charge is 2.30. The maximum Gasteiger partial charge on any atom is 0.306 e. The van der Waals surface area contributed by atoms with Crippen LogP contribution in [0.3, 0.4) is 0 Å². The number of carbonyl (C=O) groups is 2. The second-order valence-electron chi connectivity index (χ2n) is 6.70. The van der Waals surface area contributed by atoms with Crippen molar-refractivity contribution in [1.82, 2.24) is 5.32 Å². The van der Waals surface area contributed by atoms with Gasteiger partial charge in [-0.2, -0.15) is 0 Å². The standard InChI is InChI=1S/C18H25NO3/c1-12(2)9-13-3-5-14(6-4-13)10-17(20)19-16-8-7-15(11-16)18(21)22/h3-6,12,15-16H,7-11H2,1-2H3,(H,19,20)(H,21,22)/t15-,16+/m0/s1. The topological polar surface area (TPSA) is 66.4 Å². The van der Waals surface area contributed by atoms with Crippen LogP contribution in [-0.4, -0.2) is 23.0 Å². The van der Waals surface area contributed by atoms with Gasteiger partial charge >= 0.3 is 5.97 Å². The molecular formula is C18H25NO3.